The average Bonchev–Trinajstić information content (AvgIpc) is 2.65. The van der Waals surface area contributed by atoms with Gasteiger partial charge >= 0.3 is 0 Å². The zero-order valence-corrected chi connectivity index (χ0v) is 13.5. The van der Waals surface area contributed by atoms with Gasteiger partial charge < -0.3 is 9.88 Å². The van der Waals surface area contributed by atoms with Gasteiger partial charge in [0.1, 0.15) is 5.82 Å². The molecule has 2 aromatic rings. The van der Waals surface area contributed by atoms with Crippen LogP contribution in [-0.2, 0) is 0 Å². The lowest BCUT2D eigenvalue weighted by molar-refractivity contribution is 0.577. The summed E-state index contributed by atoms with van der Waals surface area (Å²) in [5.74, 6) is 1.22. The third kappa shape index (κ3) is 3.06. The highest BCUT2D eigenvalue weighted by atomic mass is 15.2. The van der Waals surface area contributed by atoms with Gasteiger partial charge in [-0.1, -0.05) is 30.3 Å². The molecule has 2 rings (SSSR count). The van der Waals surface area contributed by atoms with Crippen molar-refractivity contribution in [2.24, 2.45) is 0 Å². The van der Waals surface area contributed by atoms with E-state index in [4.69, 9.17) is 0 Å². The van der Waals surface area contributed by atoms with E-state index in [1.54, 1.807) is 0 Å². The average molecular weight is 270 g/mol. The fourth-order valence-corrected chi connectivity index (χ4v) is 2.51. The van der Waals surface area contributed by atoms with E-state index in [1.807, 2.05) is 0 Å². The number of anilines is 1. The first-order valence-corrected chi connectivity index (χ1v) is 7.34. The van der Waals surface area contributed by atoms with Crippen molar-refractivity contribution in [1.82, 2.24) is 4.57 Å². The molecule has 108 valence electrons. The maximum atomic E-state index is 3.68. The predicted octanol–water partition coefficient (Wildman–Crippen LogP) is 5.25. The first-order valence-electron chi connectivity index (χ1n) is 7.34. The molecule has 1 N–H and O–H groups in total. The fraction of sp³-hybridized carbons (Fsp3) is 0.444. The van der Waals surface area contributed by atoms with Crippen molar-refractivity contribution in [2.75, 3.05) is 5.32 Å². The summed E-state index contributed by atoms with van der Waals surface area (Å²) in [6.45, 7) is 13.2. The van der Waals surface area contributed by atoms with Gasteiger partial charge in [-0.2, -0.15) is 0 Å². The molecule has 0 unspecified atom stereocenters. The van der Waals surface area contributed by atoms with Gasteiger partial charge in [0.15, 0.2) is 0 Å². The van der Waals surface area contributed by atoms with Crippen LogP contribution >= 0.6 is 0 Å². The van der Waals surface area contributed by atoms with E-state index in [9.17, 15) is 0 Å². The topological polar surface area (TPSA) is 17.0 Å². The summed E-state index contributed by atoms with van der Waals surface area (Å²) in [6.07, 6.45) is 2.25. The molecule has 2 nitrogen and oxygen atoms in total. The van der Waals surface area contributed by atoms with Crippen molar-refractivity contribution >= 4 is 5.82 Å². The molecule has 0 saturated carbocycles. The zero-order valence-electron chi connectivity index (χ0n) is 13.5. The van der Waals surface area contributed by atoms with Crippen LogP contribution in [0.4, 0.5) is 5.82 Å². The largest absolute Gasteiger partial charge is 0.366 e. The van der Waals surface area contributed by atoms with E-state index in [-0.39, 0.29) is 5.54 Å². The van der Waals surface area contributed by atoms with Crippen LogP contribution < -0.4 is 5.32 Å². The second-order valence-corrected chi connectivity index (χ2v) is 6.78. The first-order chi connectivity index (χ1) is 9.29. The molecular formula is C18H26N2. The molecule has 1 aromatic heterocycles. The van der Waals surface area contributed by atoms with E-state index in [0.29, 0.717) is 6.04 Å². The summed E-state index contributed by atoms with van der Waals surface area (Å²) < 4.78 is 2.34. The van der Waals surface area contributed by atoms with E-state index in [1.165, 1.54) is 22.5 Å². The van der Waals surface area contributed by atoms with Crippen LogP contribution in [0.3, 0.4) is 0 Å². The van der Waals surface area contributed by atoms with Gasteiger partial charge in [-0.05, 0) is 52.7 Å². The van der Waals surface area contributed by atoms with Crippen LogP contribution in [-0.4, -0.2) is 10.1 Å². The maximum Gasteiger partial charge on any atom is 0.114 e. The Labute approximate surface area is 122 Å². The van der Waals surface area contributed by atoms with Crippen LogP contribution in [0.15, 0.2) is 36.5 Å². The molecule has 0 saturated heterocycles. The normalized spacial score (nSPS) is 11.9. The van der Waals surface area contributed by atoms with Crippen LogP contribution in [0.5, 0.6) is 0 Å². The molecule has 2 heteroatoms. The second-order valence-electron chi connectivity index (χ2n) is 6.78. The summed E-state index contributed by atoms with van der Waals surface area (Å²) >= 11 is 0. The SMILES string of the molecule is Cc1cn(C(C)C)c(NC(C)(C)C)c1-c1ccccc1. The van der Waals surface area contributed by atoms with E-state index in [0.717, 1.165) is 0 Å². The number of nitrogens with one attached hydrogen (secondary N) is 1. The minimum absolute atomic E-state index is 0.0426. The number of rotatable bonds is 3. The molecule has 0 amide bonds. The van der Waals surface area contributed by atoms with Crippen molar-refractivity contribution in [2.45, 2.75) is 53.1 Å². The summed E-state index contributed by atoms with van der Waals surface area (Å²) in [6, 6.07) is 11.1. The van der Waals surface area contributed by atoms with Crippen LogP contribution in [0.1, 0.15) is 46.2 Å². The highest BCUT2D eigenvalue weighted by Gasteiger charge is 2.20. The van der Waals surface area contributed by atoms with Crippen molar-refractivity contribution < 1.29 is 0 Å². The van der Waals surface area contributed by atoms with Gasteiger partial charge in [0.05, 0.1) is 0 Å². The van der Waals surface area contributed by atoms with Gasteiger partial charge in [0.25, 0.3) is 0 Å². The number of aryl methyl sites for hydroxylation is 1. The van der Waals surface area contributed by atoms with E-state index in [2.05, 4.69) is 88.0 Å². The Morgan fingerprint density at radius 1 is 1.05 bits per heavy atom. The van der Waals surface area contributed by atoms with Crippen molar-refractivity contribution in [1.29, 1.82) is 0 Å². The molecule has 20 heavy (non-hydrogen) atoms. The molecule has 0 fully saturated rings. The van der Waals surface area contributed by atoms with Crippen LogP contribution in [0.2, 0.25) is 0 Å². The Balaban J connectivity index is 2.61. The lowest BCUT2D eigenvalue weighted by atomic mass is 10.0. The van der Waals surface area contributed by atoms with Gasteiger partial charge in [0.2, 0.25) is 0 Å². The summed E-state index contributed by atoms with van der Waals surface area (Å²) in [5.41, 5.74) is 3.95. The molecule has 0 spiro atoms. The molecule has 0 aliphatic rings. The summed E-state index contributed by atoms with van der Waals surface area (Å²) in [7, 11) is 0. The second kappa shape index (κ2) is 5.35. The fourth-order valence-electron chi connectivity index (χ4n) is 2.51. The summed E-state index contributed by atoms with van der Waals surface area (Å²) in [5, 5.41) is 3.68. The number of aromatic nitrogens is 1. The molecular weight excluding hydrogens is 244 g/mol. The molecule has 1 heterocycles. The van der Waals surface area contributed by atoms with Gasteiger partial charge in [-0.25, -0.2) is 0 Å². The third-order valence-corrected chi connectivity index (χ3v) is 3.33. The highest BCUT2D eigenvalue weighted by Crippen LogP contribution is 2.36. The van der Waals surface area contributed by atoms with E-state index >= 15 is 0 Å². The number of nitrogens with zero attached hydrogens (tertiary/aromatic N) is 1. The highest BCUT2D eigenvalue weighted by molar-refractivity contribution is 5.80. The monoisotopic (exact) mass is 270 g/mol. The Bertz CT molecular complexity index is 571. The Kier molecular flexibility index (Phi) is 3.94. The Hall–Kier alpha value is -1.70. The smallest absolute Gasteiger partial charge is 0.114 e. The molecule has 0 atom stereocenters. The minimum Gasteiger partial charge on any atom is -0.366 e. The maximum absolute atomic E-state index is 3.68. The quantitative estimate of drug-likeness (QED) is 0.805. The van der Waals surface area contributed by atoms with Crippen molar-refractivity contribution in [3.63, 3.8) is 0 Å². The van der Waals surface area contributed by atoms with Crippen LogP contribution in [0, 0.1) is 6.92 Å². The number of benzene rings is 1. The molecule has 0 aliphatic carbocycles. The van der Waals surface area contributed by atoms with Gasteiger partial charge in [0, 0.05) is 23.3 Å². The lowest BCUT2D eigenvalue weighted by Crippen LogP contribution is -2.28. The van der Waals surface area contributed by atoms with E-state index < -0.39 is 0 Å². The molecule has 0 aliphatic heterocycles. The van der Waals surface area contributed by atoms with Crippen molar-refractivity contribution in [3.05, 3.63) is 42.1 Å². The van der Waals surface area contributed by atoms with Crippen LogP contribution in [0.25, 0.3) is 11.1 Å². The molecule has 0 bridgehead atoms. The zero-order chi connectivity index (χ0) is 14.9. The van der Waals surface area contributed by atoms with Gasteiger partial charge in [-0.15, -0.1) is 0 Å². The minimum atomic E-state index is 0.0426. The van der Waals surface area contributed by atoms with Gasteiger partial charge in [-0.3, -0.25) is 0 Å². The first kappa shape index (κ1) is 14.7. The lowest BCUT2D eigenvalue weighted by Gasteiger charge is -2.26. The standard InChI is InChI=1S/C18H26N2/c1-13(2)20-12-14(3)16(15-10-8-7-9-11-15)17(20)19-18(4,5)6/h7-13,19H,1-6H3. The molecule has 1 aromatic carbocycles. The third-order valence-electron chi connectivity index (χ3n) is 3.33. The number of hydrogen-bond donors (Lipinski definition) is 1. The molecule has 0 radical (unpaired) electrons. The number of hydrogen-bond acceptors (Lipinski definition) is 1. The Morgan fingerprint density at radius 2 is 1.65 bits per heavy atom. The summed E-state index contributed by atoms with van der Waals surface area (Å²) in [4.78, 5) is 0. The van der Waals surface area contributed by atoms with Crippen molar-refractivity contribution in [3.8, 4) is 11.1 Å². The predicted molar refractivity (Wildman–Crippen MR) is 88.4 cm³/mol. The Morgan fingerprint density at radius 3 is 2.15 bits per heavy atom.